The van der Waals surface area contributed by atoms with Crippen molar-refractivity contribution in [1.82, 2.24) is 13.7 Å². The molecule has 6 nitrogen and oxygen atoms in total. The number of imidazole rings is 1. The average Bonchev–Trinajstić information content (AvgIpc) is 2.85. The van der Waals surface area contributed by atoms with E-state index in [-0.39, 0.29) is 0 Å². The molecular weight excluding hydrogens is 300 g/mol. The lowest BCUT2D eigenvalue weighted by molar-refractivity contribution is 0.386. The van der Waals surface area contributed by atoms with Crippen LogP contribution in [0.3, 0.4) is 0 Å². The van der Waals surface area contributed by atoms with E-state index in [2.05, 4.69) is 9.88 Å². The molecule has 0 amide bonds. The van der Waals surface area contributed by atoms with Gasteiger partial charge in [-0.2, -0.15) is 4.31 Å². The van der Waals surface area contributed by atoms with Crippen LogP contribution in [0.15, 0.2) is 24.7 Å². The maximum atomic E-state index is 11.5. The van der Waals surface area contributed by atoms with Crippen molar-refractivity contribution in [3.8, 4) is 0 Å². The van der Waals surface area contributed by atoms with Gasteiger partial charge in [-0.3, -0.25) is 4.40 Å². The number of pyridine rings is 1. The monoisotopic (exact) mass is 314 g/mol. The van der Waals surface area contributed by atoms with Crippen molar-refractivity contribution in [2.75, 3.05) is 37.3 Å². The normalized spacial score (nSPS) is 17.8. The molecule has 1 fully saturated rings. The van der Waals surface area contributed by atoms with Gasteiger partial charge in [-0.05, 0) is 12.1 Å². The van der Waals surface area contributed by atoms with Crippen molar-refractivity contribution in [2.24, 2.45) is 0 Å². The van der Waals surface area contributed by atoms with Crippen LogP contribution >= 0.6 is 11.6 Å². The highest BCUT2D eigenvalue weighted by molar-refractivity contribution is 7.88. The zero-order valence-electron chi connectivity index (χ0n) is 11.0. The van der Waals surface area contributed by atoms with E-state index < -0.39 is 10.0 Å². The molecule has 0 aliphatic carbocycles. The molecular formula is C12H15ClN4O2S. The second kappa shape index (κ2) is 4.91. The van der Waals surface area contributed by atoms with Crippen LogP contribution in [0.2, 0.25) is 5.02 Å². The second-order valence-electron chi connectivity index (χ2n) is 4.87. The van der Waals surface area contributed by atoms with E-state index in [1.165, 1.54) is 10.6 Å². The van der Waals surface area contributed by atoms with Gasteiger partial charge in [0.25, 0.3) is 0 Å². The molecule has 20 heavy (non-hydrogen) atoms. The lowest BCUT2D eigenvalue weighted by Crippen LogP contribution is -2.48. The van der Waals surface area contributed by atoms with Crippen LogP contribution in [0.4, 0.5) is 5.82 Å². The molecule has 3 rings (SSSR count). The van der Waals surface area contributed by atoms with Crippen molar-refractivity contribution >= 4 is 33.0 Å². The second-order valence-corrected chi connectivity index (χ2v) is 7.29. The lowest BCUT2D eigenvalue weighted by atomic mass is 10.3. The highest BCUT2D eigenvalue weighted by atomic mass is 35.5. The van der Waals surface area contributed by atoms with E-state index in [0.717, 1.165) is 11.3 Å². The first kappa shape index (κ1) is 13.7. The van der Waals surface area contributed by atoms with Gasteiger partial charge in [-0.15, -0.1) is 0 Å². The van der Waals surface area contributed by atoms with Gasteiger partial charge >= 0.3 is 0 Å². The minimum atomic E-state index is -3.11. The molecule has 0 spiro atoms. The van der Waals surface area contributed by atoms with Gasteiger partial charge in [0.15, 0.2) is 0 Å². The predicted molar refractivity (Wildman–Crippen MR) is 78.8 cm³/mol. The number of aromatic nitrogens is 2. The van der Waals surface area contributed by atoms with Crippen molar-refractivity contribution in [3.63, 3.8) is 0 Å². The number of anilines is 1. The van der Waals surface area contributed by atoms with Crippen LogP contribution in [0.25, 0.3) is 5.52 Å². The Balaban J connectivity index is 1.89. The Hall–Kier alpha value is -1.31. The van der Waals surface area contributed by atoms with E-state index in [9.17, 15) is 8.42 Å². The Morgan fingerprint density at radius 2 is 1.90 bits per heavy atom. The number of nitrogens with zero attached hydrogens (tertiary/aromatic N) is 4. The third kappa shape index (κ3) is 2.48. The molecule has 1 aliphatic rings. The van der Waals surface area contributed by atoms with Gasteiger partial charge in [0, 0.05) is 31.2 Å². The molecule has 0 saturated carbocycles. The first-order valence-corrected chi connectivity index (χ1v) is 8.49. The van der Waals surface area contributed by atoms with Gasteiger partial charge in [0.1, 0.15) is 12.1 Å². The van der Waals surface area contributed by atoms with Crippen LogP contribution in [0.5, 0.6) is 0 Å². The van der Waals surface area contributed by atoms with E-state index >= 15 is 0 Å². The Kier molecular flexibility index (Phi) is 3.35. The van der Waals surface area contributed by atoms with Gasteiger partial charge in [0.2, 0.25) is 10.0 Å². The smallest absolute Gasteiger partial charge is 0.211 e. The molecule has 0 bridgehead atoms. The molecule has 0 atom stereocenters. The maximum absolute atomic E-state index is 11.5. The van der Waals surface area contributed by atoms with E-state index in [0.29, 0.717) is 31.2 Å². The molecule has 1 saturated heterocycles. The summed E-state index contributed by atoms with van der Waals surface area (Å²) >= 11 is 6.13. The highest BCUT2D eigenvalue weighted by Crippen LogP contribution is 2.24. The zero-order chi connectivity index (χ0) is 14.3. The fourth-order valence-corrected chi connectivity index (χ4v) is 3.51. The Morgan fingerprint density at radius 1 is 1.20 bits per heavy atom. The molecule has 3 heterocycles. The fourth-order valence-electron chi connectivity index (χ4n) is 2.47. The average molecular weight is 315 g/mol. The van der Waals surface area contributed by atoms with Crippen LogP contribution in [-0.4, -0.2) is 54.5 Å². The number of hydrogen-bond acceptors (Lipinski definition) is 4. The Labute approximate surface area is 122 Å². The molecule has 1 aliphatic heterocycles. The number of hydrogen-bond donors (Lipinski definition) is 0. The van der Waals surface area contributed by atoms with Gasteiger partial charge < -0.3 is 4.90 Å². The third-order valence-corrected chi connectivity index (χ3v) is 5.02. The summed E-state index contributed by atoms with van der Waals surface area (Å²) in [5.41, 5.74) is 0.929. The molecule has 0 unspecified atom stereocenters. The summed E-state index contributed by atoms with van der Waals surface area (Å²) < 4.78 is 26.5. The molecule has 8 heteroatoms. The Morgan fingerprint density at radius 3 is 2.55 bits per heavy atom. The van der Waals surface area contributed by atoms with Crippen molar-refractivity contribution in [2.45, 2.75) is 0 Å². The van der Waals surface area contributed by atoms with E-state index in [1.807, 2.05) is 16.5 Å². The number of halogens is 1. The quantitative estimate of drug-likeness (QED) is 0.832. The number of rotatable bonds is 2. The van der Waals surface area contributed by atoms with E-state index in [1.54, 1.807) is 12.5 Å². The molecule has 108 valence electrons. The van der Waals surface area contributed by atoms with E-state index in [4.69, 9.17) is 11.6 Å². The van der Waals surface area contributed by atoms with Crippen LogP contribution in [0, 0.1) is 0 Å². The summed E-state index contributed by atoms with van der Waals surface area (Å²) in [5.74, 6) is 0.943. The maximum Gasteiger partial charge on any atom is 0.211 e. The van der Waals surface area contributed by atoms with Crippen LogP contribution < -0.4 is 4.90 Å². The first-order valence-electron chi connectivity index (χ1n) is 6.27. The number of piperazine rings is 1. The Bertz CT molecular complexity index is 735. The summed E-state index contributed by atoms with van der Waals surface area (Å²) in [6.07, 6.45) is 4.74. The number of fused-ring (bicyclic) bond motifs is 1. The summed E-state index contributed by atoms with van der Waals surface area (Å²) in [4.78, 5) is 6.25. The summed E-state index contributed by atoms with van der Waals surface area (Å²) in [6.45, 7) is 2.25. The minimum Gasteiger partial charge on any atom is -0.355 e. The largest absolute Gasteiger partial charge is 0.355 e. The molecule has 2 aromatic heterocycles. The zero-order valence-corrected chi connectivity index (χ0v) is 12.6. The van der Waals surface area contributed by atoms with Crippen molar-refractivity contribution < 1.29 is 8.42 Å². The van der Waals surface area contributed by atoms with Crippen LogP contribution in [-0.2, 0) is 10.0 Å². The van der Waals surface area contributed by atoms with Crippen molar-refractivity contribution in [3.05, 3.63) is 29.7 Å². The summed E-state index contributed by atoms with van der Waals surface area (Å²) in [6, 6.07) is 3.73. The third-order valence-electron chi connectivity index (χ3n) is 3.50. The molecule has 0 radical (unpaired) electrons. The molecule has 0 aromatic carbocycles. The molecule has 0 N–H and O–H groups in total. The first-order chi connectivity index (χ1) is 9.45. The standard InChI is InChI=1S/C12H15ClN4O2S/c1-20(18,19)16-4-2-15(3-5-16)12-7-10(13)6-11-8-14-9-17(11)12/h6-9H,2-5H2,1H3. The minimum absolute atomic E-state index is 0.488. The highest BCUT2D eigenvalue weighted by Gasteiger charge is 2.24. The van der Waals surface area contributed by atoms with Gasteiger partial charge in [-0.25, -0.2) is 13.4 Å². The summed E-state index contributed by atoms with van der Waals surface area (Å²) in [5, 5.41) is 0.651. The number of sulfonamides is 1. The van der Waals surface area contributed by atoms with Crippen LogP contribution in [0.1, 0.15) is 0 Å². The fraction of sp³-hybridized carbons (Fsp3) is 0.417. The SMILES string of the molecule is CS(=O)(=O)N1CCN(c2cc(Cl)cc3cncn23)CC1. The predicted octanol–water partition coefficient (Wildman–Crippen LogP) is 1.07. The molecule has 2 aromatic rings. The summed E-state index contributed by atoms with van der Waals surface area (Å²) in [7, 11) is -3.11. The topological polar surface area (TPSA) is 57.9 Å². The van der Waals surface area contributed by atoms with Crippen molar-refractivity contribution in [1.29, 1.82) is 0 Å². The lowest BCUT2D eigenvalue weighted by Gasteiger charge is -2.35. The van der Waals surface area contributed by atoms with Gasteiger partial charge in [0.05, 0.1) is 18.0 Å². The van der Waals surface area contributed by atoms with Gasteiger partial charge in [-0.1, -0.05) is 11.6 Å².